The lowest BCUT2D eigenvalue weighted by Gasteiger charge is -2.25. The average Bonchev–Trinajstić information content (AvgIpc) is 3.27. The number of carbonyl (C=O) groups is 2. The van der Waals surface area contributed by atoms with Gasteiger partial charge in [-0.1, -0.05) is 58.0 Å². The Balaban J connectivity index is 1.97. The molecule has 2 aromatic carbocycles. The first-order chi connectivity index (χ1) is 15.1. The van der Waals surface area contributed by atoms with Crippen LogP contribution in [0, 0.1) is 6.92 Å². The Morgan fingerprint density at radius 1 is 1.12 bits per heavy atom. The van der Waals surface area contributed by atoms with Gasteiger partial charge >= 0.3 is 0 Å². The van der Waals surface area contributed by atoms with E-state index in [-0.39, 0.29) is 16.7 Å². The van der Waals surface area contributed by atoms with Crippen LogP contribution in [-0.2, 0) is 15.0 Å². The monoisotopic (exact) mass is 430 g/mol. The standard InChI is InChI=1S/C27H30N2O3/c1-6-13-29-23(20-15-28-21-10-8-7-9-18(20)21)22(25(31)26(29)32)24(30)19-14-17(27(3,4)5)12-11-16(19)2/h7-12,14-15,23,28,30H,6,13H2,1-5H3/b24-22+. The molecule has 1 fully saturated rings. The number of hydrogen-bond acceptors (Lipinski definition) is 3. The van der Waals surface area contributed by atoms with E-state index in [0.717, 1.165) is 27.6 Å². The minimum atomic E-state index is -0.635. The van der Waals surface area contributed by atoms with Gasteiger partial charge in [0.2, 0.25) is 0 Å². The molecule has 1 aliphatic heterocycles. The number of carbonyl (C=O) groups excluding carboxylic acids is 2. The SMILES string of the molecule is CCCN1C(=O)C(=O)/C(=C(/O)c2cc(C(C)(C)C)ccc2C)C1c1c[nH]c2ccccc12. The summed E-state index contributed by atoms with van der Waals surface area (Å²) >= 11 is 0. The van der Waals surface area contributed by atoms with E-state index in [1.54, 1.807) is 4.90 Å². The van der Waals surface area contributed by atoms with E-state index in [1.807, 2.05) is 62.5 Å². The molecule has 0 saturated carbocycles. The molecule has 2 N–H and O–H groups in total. The summed E-state index contributed by atoms with van der Waals surface area (Å²) in [7, 11) is 0. The van der Waals surface area contributed by atoms with Crippen LogP contribution in [0.5, 0.6) is 0 Å². The normalized spacial score (nSPS) is 18.7. The van der Waals surface area contributed by atoms with Gasteiger partial charge in [-0.05, 0) is 42.0 Å². The van der Waals surface area contributed by atoms with Crippen molar-refractivity contribution in [1.82, 2.24) is 9.88 Å². The number of ketones is 1. The molecule has 1 aliphatic rings. The molecule has 1 amide bonds. The Hall–Kier alpha value is -3.34. The lowest BCUT2D eigenvalue weighted by Crippen LogP contribution is -2.30. The Bertz CT molecular complexity index is 1240. The van der Waals surface area contributed by atoms with E-state index < -0.39 is 17.7 Å². The summed E-state index contributed by atoms with van der Waals surface area (Å²) in [5.74, 6) is -1.30. The first-order valence-corrected chi connectivity index (χ1v) is 11.1. The van der Waals surface area contributed by atoms with Crippen LogP contribution in [0.15, 0.2) is 54.2 Å². The van der Waals surface area contributed by atoms with Gasteiger partial charge in [0.25, 0.3) is 11.7 Å². The van der Waals surface area contributed by atoms with Crippen LogP contribution in [-0.4, -0.2) is 33.2 Å². The third kappa shape index (κ3) is 3.52. The predicted octanol–water partition coefficient (Wildman–Crippen LogP) is 5.61. The number of rotatable bonds is 4. The number of hydrogen-bond donors (Lipinski definition) is 2. The van der Waals surface area contributed by atoms with Gasteiger partial charge in [-0.15, -0.1) is 0 Å². The number of amides is 1. The summed E-state index contributed by atoms with van der Waals surface area (Å²) in [5, 5.41) is 12.4. The van der Waals surface area contributed by atoms with Crippen molar-refractivity contribution in [3.8, 4) is 0 Å². The smallest absolute Gasteiger partial charge is 0.295 e. The van der Waals surface area contributed by atoms with Crippen molar-refractivity contribution in [3.63, 3.8) is 0 Å². The van der Waals surface area contributed by atoms with Crippen molar-refractivity contribution in [2.75, 3.05) is 6.54 Å². The summed E-state index contributed by atoms with van der Waals surface area (Å²) in [5.41, 5.74) is 4.29. The number of fused-ring (bicyclic) bond motifs is 1. The van der Waals surface area contributed by atoms with Gasteiger partial charge in [-0.25, -0.2) is 0 Å². The zero-order valence-corrected chi connectivity index (χ0v) is 19.3. The van der Waals surface area contributed by atoms with Gasteiger partial charge in [0.05, 0.1) is 11.6 Å². The number of aromatic nitrogens is 1. The molecule has 0 bridgehead atoms. The number of aryl methyl sites for hydroxylation is 1. The lowest BCUT2D eigenvalue weighted by atomic mass is 9.84. The highest BCUT2D eigenvalue weighted by Crippen LogP contribution is 2.42. The van der Waals surface area contributed by atoms with Crippen molar-refractivity contribution in [2.45, 2.75) is 52.5 Å². The van der Waals surface area contributed by atoms with Crippen LogP contribution >= 0.6 is 0 Å². The van der Waals surface area contributed by atoms with Gasteiger partial charge in [0.15, 0.2) is 0 Å². The van der Waals surface area contributed by atoms with Crippen molar-refractivity contribution < 1.29 is 14.7 Å². The molecule has 0 radical (unpaired) electrons. The van der Waals surface area contributed by atoms with E-state index in [2.05, 4.69) is 25.8 Å². The fraction of sp³-hybridized carbons (Fsp3) is 0.333. The van der Waals surface area contributed by atoms with Gasteiger partial charge < -0.3 is 15.0 Å². The van der Waals surface area contributed by atoms with Crippen molar-refractivity contribution >= 4 is 28.4 Å². The molecular weight excluding hydrogens is 400 g/mol. The van der Waals surface area contributed by atoms with Crippen LogP contribution in [0.25, 0.3) is 16.7 Å². The summed E-state index contributed by atoms with van der Waals surface area (Å²) in [6.07, 6.45) is 2.56. The molecular formula is C27H30N2O3. The molecule has 3 aromatic rings. The third-order valence-corrected chi connectivity index (χ3v) is 6.28. The predicted molar refractivity (Wildman–Crippen MR) is 127 cm³/mol. The number of aliphatic hydroxyl groups excluding tert-OH is 1. The number of Topliss-reactive ketones (excluding diaryl/α,β-unsaturated/α-hetero) is 1. The molecule has 1 atom stereocenters. The highest BCUT2D eigenvalue weighted by atomic mass is 16.3. The molecule has 5 nitrogen and oxygen atoms in total. The molecule has 1 aromatic heterocycles. The largest absolute Gasteiger partial charge is 0.507 e. The number of para-hydroxylation sites is 1. The van der Waals surface area contributed by atoms with Crippen LogP contribution in [0.4, 0.5) is 0 Å². The molecule has 2 heterocycles. The maximum Gasteiger partial charge on any atom is 0.295 e. The van der Waals surface area contributed by atoms with Crippen molar-refractivity contribution in [1.29, 1.82) is 0 Å². The van der Waals surface area contributed by atoms with Gasteiger partial charge in [-0.3, -0.25) is 9.59 Å². The highest BCUT2D eigenvalue weighted by molar-refractivity contribution is 6.46. The number of aliphatic hydroxyl groups is 1. The minimum Gasteiger partial charge on any atom is -0.507 e. The van der Waals surface area contributed by atoms with Crippen molar-refractivity contribution in [2.24, 2.45) is 0 Å². The molecule has 0 aliphatic carbocycles. The summed E-state index contributed by atoms with van der Waals surface area (Å²) in [6, 6.07) is 13.1. The Morgan fingerprint density at radius 3 is 2.53 bits per heavy atom. The minimum absolute atomic E-state index is 0.110. The van der Waals surface area contributed by atoms with Crippen LogP contribution < -0.4 is 0 Å². The number of benzene rings is 2. The fourth-order valence-electron chi connectivity index (χ4n) is 4.48. The molecule has 4 rings (SSSR count). The number of nitrogens with one attached hydrogen (secondary N) is 1. The second kappa shape index (κ2) is 7.97. The fourth-order valence-corrected chi connectivity index (χ4v) is 4.48. The van der Waals surface area contributed by atoms with Crippen molar-refractivity contribution in [3.05, 3.63) is 76.5 Å². The van der Waals surface area contributed by atoms with E-state index in [0.29, 0.717) is 18.5 Å². The van der Waals surface area contributed by atoms with E-state index in [9.17, 15) is 14.7 Å². The lowest BCUT2D eigenvalue weighted by molar-refractivity contribution is -0.139. The summed E-state index contributed by atoms with van der Waals surface area (Å²) in [4.78, 5) is 31.1. The third-order valence-electron chi connectivity index (χ3n) is 6.28. The second-order valence-electron chi connectivity index (χ2n) is 9.56. The summed E-state index contributed by atoms with van der Waals surface area (Å²) < 4.78 is 0. The molecule has 0 spiro atoms. The van der Waals surface area contributed by atoms with Gasteiger partial charge in [-0.2, -0.15) is 0 Å². The quantitative estimate of drug-likeness (QED) is 0.321. The van der Waals surface area contributed by atoms with Gasteiger partial charge in [0, 0.05) is 34.8 Å². The maximum atomic E-state index is 13.2. The van der Waals surface area contributed by atoms with Crippen LogP contribution in [0.3, 0.4) is 0 Å². The number of H-pyrrole nitrogens is 1. The van der Waals surface area contributed by atoms with Gasteiger partial charge in [0.1, 0.15) is 5.76 Å². The average molecular weight is 431 g/mol. The zero-order valence-electron chi connectivity index (χ0n) is 19.3. The molecule has 1 saturated heterocycles. The Labute approximate surface area is 188 Å². The number of aromatic amines is 1. The second-order valence-corrected chi connectivity index (χ2v) is 9.56. The zero-order chi connectivity index (χ0) is 23.2. The molecule has 5 heteroatoms. The number of likely N-dealkylation sites (tertiary alicyclic amines) is 1. The topological polar surface area (TPSA) is 73.4 Å². The first-order valence-electron chi connectivity index (χ1n) is 11.1. The number of nitrogens with zero attached hydrogens (tertiary/aromatic N) is 1. The van der Waals surface area contributed by atoms with E-state index in [1.165, 1.54) is 0 Å². The molecule has 166 valence electrons. The van der Waals surface area contributed by atoms with E-state index in [4.69, 9.17) is 0 Å². The Kier molecular flexibility index (Phi) is 5.45. The van der Waals surface area contributed by atoms with Crippen LogP contribution in [0.1, 0.15) is 62.4 Å². The Morgan fingerprint density at radius 2 is 1.84 bits per heavy atom. The first kappa shape index (κ1) is 21.9. The highest BCUT2D eigenvalue weighted by Gasteiger charge is 2.46. The molecule has 32 heavy (non-hydrogen) atoms. The van der Waals surface area contributed by atoms with Crippen LogP contribution in [0.2, 0.25) is 0 Å². The maximum absolute atomic E-state index is 13.2. The van der Waals surface area contributed by atoms with E-state index >= 15 is 0 Å². The summed E-state index contributed by atoms with van der Waals surface area (Å²) in [6.45, 7) is 10.6. The molecule has 1 unspecified atom stereocenters.